The second-order valence-electron chi connectivity index (χ2n) is 7.18. The van der Waals surface area contributed by atoms with Crippen molar-refractivity contribution in [1.29, 1.82) is 0 Å². The van der Waals surface area contributed by atoms with Crippen LogP contribution in [0.25, 0.3) is 0 Å². The first-order valence-electron chi connectivity index (χ1n) is 9.46. The molecule has 1 saturated heterocycles. The molecule has 2 aliphatic heterocycles. The third-order valence-electron chi connectivity index (χ3n) is 5.29. The van der Waals surface area contributed by atoms with Gasteiger partial charge in [0.1, 0.15) is 11.6 Å². The predicted molar refractivity (Wildman–Crippen MR) is 104 cm³/mol. The first-order chi connectivity index (χ1) is 13.1. The summed E-state index contributed by atoms with van der Waals surface area (Å²) in [5.41, 5.74) is 7.75. The average Bonchev–Trinajstić information content (AvgIpc) is 2.89. The Hall–Kier alpha value is -2.83. The molecule has 1 atom stereocenters. The lowest BCUT2D eigenvalue weighted by atomic mass is 9.95. The van der Waals surface area contributed by atoms with Crippen molar-refractivity contribution < 1.29 is 9.53 Å². The van der Waals surface area contributed by atoms with Gasteiger partial charge in [-0.25, -0.2) is 4.98 Å². The van der Waals surface area contributed by atoms with E-state index in [-0.39, 0.29) is 11.8 Å². The Kier molecular flexibility index (Phi) is 4.83. The molecule has 0 radical (unpaired) electrons. The molecule has 2 aliphatic rings. The number of fused-ring (bicyclic) bond motifs is 1. The van der Waals surface area contributed by atoms with Crippen LogP contribution in [0.5, 0.6) is 5.75 Å². The van der Waals surface area contributed by atoms with Gasteiger partial charge < -0.3 is 20.3 Å². The number of nitrogens with zero attached hydrogens (tertiary/aromatic N) is 4. The number of rotatable bonds is 2. The minimum absolute atomic E-state index is 0.0165. The van der Waals surface area contributed by atoms with Crippen LogP contribution in [-0.4, -0.2) is 53.6 Å². The van der Waals surface area contributed by atoms with E-state index in [1.165, 1.54) is 0 Å². The zero-order chi connectivity index (χ0) is 18.8. The maximum absolute atomic E-state index is 13.1. The number of carbonyl (C=O) groups is 1. The Bertz CT molecular complexity index is 813. The summed E-state index contributed by atoms with van der Waals surface area (Å²) in [5.74, 6) is 2.25. The minimum atomic E-state index is -0.0165. The monoisotopic (exact) mass is 367 g/mol. The summed E-state index contributed by atoms with van der Waals surface area (Å²) >= 11 is 0. The van der Waals surface area contributed by atoms with Gasteiger partial charge in [0.2, 0.25) is 11.9 Å². The second-order valence-corrected chi connectivity index (χ2v) is 7.18. The Balaban J connectivity index is 1.40. The highest BCUT2D eigenvalue weighted by Gasteiger charge is 2.30. The van der Waals surface area contributed by atoms with Crippen molar-refractivity contribution in [3.8, 4) is 5.75 Å². The molecule has 1 unspecified atom stereocenters. The molecule has 2 aromatic rings. The van der Waals surface area contributed by atoms with Gasteiger partial charge in [0.25, 0.3) is 0 Å². The summed E-state index contributed by atoms with van der Waals surface area (Å²) in [4.78, 5) is 25.7. The Labute approximate surface area is 159 Å². The molecule has 2 N–H and O–H groups in total. The number of piperazine rings is 1. The van der Waals surface area contributed by atoms with Gasteiger partial charge in [-0.1, -0.05) is 18.2 Å². The third kappa shape index (κ3) is 3.82. The van der Waals surface area contributed by atoms with E-state index in [0.717, 1.165) is 48.8 Å². The first-order valence-corrected chi connectivity index (χ1v) is 9.46. The highest BCUT2D eigenvalue weighted by Crippen LogP contribution is 2.28. The number of aromatic nitrogens is 2. The fourth-order valence-electron chi connectivity index (χ4n) is 3.85. The summed E-state index contributed by atoms with van der Waals surface area (Å²) < 4.78 is 5.81. The molecule has 1 aromatic heterocycles. The van der Waals surface area contributed by atoms with E-state index in [1.54, 1.807) is 0 Å². The fraction of sp³-hybridized carbons (Fsp3) is 0.450. The van der Waals surface area contributed by atoms with Gasteiger partial charge >= 0.3 is 0 Å². The van der Waals surface area contributed by atoms with Crippen molar-refractivity contribution >= 4 is 17.7 Å². The lowest BCUT2D eigenvalue weighted by molar-refractivity contribution is -0.136. The topological polar surface area (TPSA) is 84.6 Å². The lowest BCUT2D eigenvalue weighted by Gasteiger charge is -2.37. The van der Waals surface area contributed by atoms with Crippen molar-refractivity contribution in [2.24, 2.45) is 5.92 Å². The first kappa shape index (κ1) is 17.6. The molecule has 0 bridgehead atoms. The highest BCUT2D eigenvalue weighted by molar-refractivity contribution is 5.79. The van der Waals surface area contributed by atoms with Crippen LogP contribution in [0.3, 0.4) is 0 Å². The molecule has 1 aromatic carbocycles. The molecule has 0 spiro atoms. The van der Waals surface area contributed by atoms with Crippen LogP contribution < -0.4 is 15.4 Å². The smallest absolute Gasteiger partial charge is 0.226 e. The quantitative estimate of drug-likeness (QED) is 0.869. The Morgan fingerprint density at radius 1 is 1.19 bits per heavy atom. The number of ether oxygens (including phenoxy) is 1. The van der Waals surface area contributed by atoms with Crippen LogP contribution in [0, 0.1) is 12.8 Å². The van der Waals surface area contributed by atoms with E-state index >= 15 is 0 Å². The number of amides is 1. The number of aryl methyl sites for hydroxylation is 1. The third-order valence-corrected chi connectivity index (χ3v) is 5.29. The van der Waals surface area contributed by atoms with Crippen LogP contribution in [0.2, 0.25) is 0 Å². The van der Waals surface area contributed by atoms with Crippen molar-refractivity contribution in [3.05, 3.63) is 41.6 Å². The predicted octanol–water partition coefficient (Wildman–Crippen LogP) is 1.66. The van der Waals surface area contributed by atoms with Gasteiger partial charge in [-0.3, -0.25) is 4.79 Å². The van der Waals surface area contributed by atoms with E-state index in [0.29, 0.717) is 25.6 Å². The van der Waals surface area contributed by atoms with Gasteiger partial charge in [0.15, 0.2) is 0 Å². The molecule has 3 heterocycles. The number of hydrogen-bond acceptors (Lipinski definition) is 6. The molecule has 27 heavy (non-hydrogen) atoms. The van der Waals surface area contributed by atoms with Crippen LogP contribution in [0.15, 0.2) is 30.3 Å². The number of nitrogen functional groups attached to an aromatic ring is 1. The number of para-hydroxylation sites is 1. The Morgan fingerprint density at radius 2 is 1.96 bits per heavy atom. The fourth-order valence-corrected chi connectivity index (χ4v) is 3.85. The molecule has 1 amide bonds. The van der Waals surface area contributed by atoms with Crippen LogP contribution in [0.4, 0.5) is 11.8 Å². The molecule has 7 heteroatoms. The molecular weight excluding hydrogens is 342 g/mol. The number of nitrogens with two attached hydrogens (primary N) is 1. The molecule has 0 saturated carbocycles. The van der Waals surface area contributed by atoms with Crippen molar-refractivity contribution in [1.82, 2.24) is 14.9 Å². The van der Waals surface area contributed by atoms with Gasteiger partial charge in [-0.15, -0.1) is 0 Å². The normalized spacial score (nSPS) is 19.8. The SMILES string of the molecule is Cc1cc(N2CCN(C(=O)C3CCOc4ccccc4C3)CC2)nc(N)n1. The zero-order valence-electron chi connectivity index (χ0n) is 15.6. The van der Waals surface area contributed by atoms with E-state index in [1.807, 2.05) is 36.1 Å². The number of carbonyl (C=O) groups excluding carboxylic acids is 1. The summed E-state index contributed by atoms with van der Waals surface area (Å²) in [6.07, 6.45) is 1.51. The highest BCUT2D eigenvalue weighted by atomic mass is 16.5. The molecular formula is C20H25N5O2. The van der Waals surface area contributed by atoms with Crippen molar-refractivity contribution in [2.45, 2.75) is 19.8 Å². The second kappa shape index (κ2) is 7.42. The standard InChI is InChI=1S/C20H25N5O2/c1-14-12-18(23-20(21)22-14)24-7-9-25(10-8-24)19(26)16-6-11-27-17-5-3-2-4-15(17)13-16/h2-5,12,16H,6-11,13H2,1H3,(H2,21,22,23). The van der Waals surface area contributed by atoms with Gasteiger partial charge in [0.05, 0.1) is 6.61 Å². The number of anilines is 2. The van der Waals surface area contributed by atoms with E-state index < -0.39 is 0 Å². The molecule has 1 fully saturated rings. The molecule has 0 aliphatic carbocycles. The van der Waals surface area contributed by atoms with Crippen LogP contribution in [0.1, 0.15) is 17.7 Å². The molecule has 4 rings (SSSR count). The summed E-state index contributed by atoms with van der Waals surface area (Å²) in [6, 6.07) is 9.95. The summed E-state index contributed by atoms with van der Waals surface area (Å²) in [6.45, 7) is 5.39. The minimum Gasteiger partial charge on any atom is -0.493 e. The van der Waals surface area contributed by atoms with Gasteiger partial charge in [-0.05, 0) is 31.4 Å². The van der Waals surface area contributed by atoms with E-state index in [2.05, 4.69) is 20.9 Å². The Morgan fingerprint density at radius 3 is 2.74 bits per heavy atom. The van der Waals surface area contributed by atoms with E-state index in [4.69, 9.17) is 10.5 Å². The van der Waals surface area contributed by atoms with E-state index in [9.17, 15) is 4.79 Å². The zero-order valence-corrected chi connectivity index (χ0v) is 15.6. The maximum Gasteiger partial charge on any atom is 0.226 e. The summed E-state index contributed by atoms with van der Waals surface area (Å²) in [7, 11) is 0. The average molecular weight is 367 g/mol. The molecule has 7 nitrogen and oxygen atoms in total. The lowest BCUT2D eigenvalue weighted by Crippen LogP contribution is -2.51. The maximum atomic E-state index is 13.1. The summed E-state index contributed by atoms with van der Waals surface area (Å²) in [5, 5.41) is 0. The molecule has 142 valence electrons. The van der Waals surface area contributed by atoms with Gasteiger partial charge in [-0.2, -0.15) is 4.98 Å². The van der Waals surface area contributed by atoms with Crippen LogP contribution >= 0.6 is 0 Å². The van der Waals surface area contributed by atoms with Crippen molar-refractivity contribution in [3.63, 3.8) is 0 Å². The number of hydrogen-bond donors (Lipinski definition) is 1. The largest absolute Gasteiger partial charge is 0.493 e. The van der Waals surface area contributed by atoms with Crippen LogP contribution in [-0.2, 0) is 11.2 Å². The van der Waals surface area contributed by atoms with Crippen molar-refractivity contribution in [2.75, 3.05) is 43.4 Å². The number of benzene rings is 1. The van der Waals surface area contributed by atoms with Gasteiger partial charge in [0, 0.05) is 43.9 Å².